The van der Waals surface area contributed by atoms with Crippen LogP contribution in [0.5, 0.6) is 5.88 Å². The largest absolute Gasteiger partial charge is 0.473 e. The number of piperidine rings is 2. The molecule has 4 fully saturated rings. The highest BCUT2D eigenvalue weighted by Gasteiger charge is 2.41. The number of likely N-dealkylation sites (tertiary alicyclic amines) is 1. The fourth-order valence-electron chi connectivity index (χ4n) is 11.2. The summed E-state index contributed by atoms with van der Waals surface area (Å²) < 4.78 is 32.5. The number of hydrogen-bond acceptors (Lipinski definition) is 10. The Labute approximate surface area is 387 Å². The Balaban J connectivity index is 0.000000182. The molecule has 0 radical (unpaired) electrons. The maximum Gasteiger partial charge on any atom is 0.263 e. The number of aromatic nitrogens is 4. The van der Waals surface area contributed by atoms with Gasteiger partial charge in [0.1, 0.15) is 12.2 Å². The second-order valence-corrected chi connectivity index (χ2v) is 19.7. The number of aryl methyl sites for hydroxylation is 1. The maximum absolute atomic E-state index is 13.1. The lowest BCUT2D eigenvalue weighted by Crippen LogP contribution is -2.42. The molecule has 0 bridgehead atoms. The fourth-order valence-corrected chi connectivity index (χ4v) is 11.4. The summed E-state index contributed by atoms with van der Waals surface area (Å²) in [6.07, 6.45) is 13.1. The maximum atomic E-state index is 13.1. The average molecular weight is 910 g/mol. The smallest absolute Gasteiger partial charge is 0.263 e. The van der Waals surface area contributed by atoms with E-state index in [2.05, 4.69) is 53.3 Å². The van der Waals surface area contributed by atoms with Gasteiger partial charge in [-0.05, 0) is 111 Å². The molecule has 3 saturated heterocycles. The summed E-state index contributed by atoms with van der Waals surface area (Å²) in [6.45, 7) is 13.1. The van der Waals surface area contributed by atoms with E-state index in [1.54, 1.807) is 24.0 Å². The minimum Gasteiger partial charge on any atom is -0.473 e. The summed E-state index contributed by atoms with van der Waals surface area (Å²) in [5.41, 5.74) is 6.98. The first-order valence-electron chi connectivity index (χ1n) is 24.0. The van der Waals surface area contributed by atoms with Crippen LogP contribution in [0.25, 0.3) is 0 Å². The molecule has 1 amide bonds. The van der Waals surface area contributed by atoms with Gasteiger partial charge in [0.2, 0.25) is 11.8 Å². The number of rotatable bonds is 8. The first-order chi connectivity index (χ1) is 31.6. The second kappa shape index (κ2) is 19.8. The normalized spacial score (nSPS) is 20.3. The van der Waals surface area contributed by atoms with E-state index >= 15 is 0 Å². The van der Waals surface area contributed by atoms with E-state index in [0.717, 1.165) is 136 Å². The van der Waals surface area contributed by atoms with E-state index in [4.69, 9.17) is 16.3 Å². The standard InChI is InChI=1S/C32H43ClN6O.C18H20F2N4O/c1-24-28(8-7-26(21-34)31(24)33)39-20-15-32(23-39)13-18-38(19-14-32)29-9-10-30(36-35-29)40-27-11-16-37(17-12-27)22-25-5-3-2-4-6-25;1-11(25)23-8-6-15-14(10-23)18(22-21-15)24-7-2-3-12-4-5-13(17(19)20)9-16(12)24/h7-10,25,27H,2-6,11-20,22-23H2,1H3;4-5,9,17H,2-3,6-8,10H2,1H3,(H,21,22). The predicted molar refractivity (Wildman–Crippen MR) is 250 cm³/mol. The number of H-pyrrole nitrogens is 1. The van der Waals surface area contributed by atoms with Crippen molar-refractivity contribution in [2.24, 2.45) is 11.3 Å². The van der Waals surface area contributed by atoms with Crippen LogP contribution in [-0.4, -0.2) is 101 Å². The van der Waals surface area contributed by atoms with Crippen molar-refractivity contribution < 1.29 is 18.3 Å². The number of nitriles is 1. The Morgan fingerprint density at radius 1 is 0.908 bits per heavy atom. The number of aromatic amines is 1. The molecule has 1 spiro atoms. The van der Waals surface area contributed by atoms with Crippen molar-refractivity contribution in [2.75, 3.05) is 73.6 Å². The van der Waals surface area contributed by atoms with E-state index in [0.29, 0.717) is 35.0 Å². The predicted octanol–water partition coefficient (Wildman–Crippen LogP) is 9.57. The zero-order valence-electron chi connectivity index (χ0n) is 38.0. The van der Waals surface area contributed by atoms with Crippen molar-refractivity contribution >= 4 is 40.5 Å². The van der Waals surface area contributed by atoms with Gasteiger partial charge in [0.05, 0.1) is 17.1 Å². The van der Waals surface area contributed by atoms with Gasteiger partial charge in [0.15, 0.2) is 11.6 Å². The molecule has 12 nitrogen and oxygen atoms in total. The molecule has 65 heavy (non-hydrogen) atoms. The summed E-state index contributed by atoms with van der Waals surface area (Å²) >= 11 is 6.47. The van der Waals surface area contributed by atoms with E-state index < -0.39 is 6.43 Å². The van der Waals surface area contributed by atoms with E-state index in [-0.39, 0.29) is 17.6 Å². The molecule has 346 valence electrons. The van der Waals surface area contributed by atoms with Crippen molar-refractivity contribution in [2.45, 2.75) is 116 Å². The molecule has 2 aromatic carbocycles. The van der Waals surface area contributed by atoms with Crippen LogP contribution in [0, 0.1) is 29.6 Å². The molecular formula is C50H63ClF2N10O2. The van der Waals surface area contributed by atoms with Gasteiger partial charge in [-0.15, -0.1) is 10.2 Å². The summed E-state index contributed by atoms with van der Waals surface area (Å²) in [7, 11) is 0. The molecule has 7 heterocycles. The third-order valence-corrected chi connectivity index (χ3v) is 15.7. The zero-order valence-corrected chi connectivity index (χ0v) is 38.8. The van der Waals surface area contributed by atoms with E-state index in [1.165, 1.54) is 56.8 Å². The molecule has 0 unspecified atom stereocenters. The molecule has 2 aromatic heterocycles. The third kappa shape index (κ3) is 10.1. The van der Waals surface area contributed by atoms with Gasteiger partial charge < -0.3 is 29.2 Å². The van der Waals surface area contributed by atoms with Crippen LogP contribution in [-0.2, 0) is 24.2 Å². The zero-order chi connectivity index (χ0) is 45.1. The van der Waals surface area contributed by atoms with Gasteiger partial charge in [0, 0.05) is 107 Å². The lowest BCUT2D eigenvalue weighted by atomic mass is 9.78. The van der Waals surface area contributed by atoms with Crippen LogP contribution in [0.3, 0.4) is 0 Å². The number of amides is 1. The summed E-state index contributed by atoms with van der Waals surface area (Å²) in [5.74, 6) is 3.32. The van der Waals surface area contributed by atoms with E-state index in [9.17, 15) is 18.8 Å². The van der Waals surface area contributed by atoms with Crippen LogP contribution >= 0.6 is 11.6 Å². The Hall–Kier alpha value is -5.00. The Morgan fingerprint density at radius 2 is 1.68 bits per heavy atom. The minimum atomic E-state index is -2.49. The molecule has 4 aromatic rings. The van der Waals surface area contributed by atoms with Crippen molar-refractivity contribution in [3.05, 3.63) is 81.0 Å². The number of fused-ring (bicyclic) bond motifs is 2. The number of nitrogens with one attached hydrogen (secondary N) is 1. The number of carbonyl (C=O) groups is 1. The van der Waals surface area contributed by atoms with Gasteiger partial charge >= 0.3 is 0 Å². The van der Waals surface area contributed by atoms with Gasteiger partial charge in [-0.3, -0.25) is 9.89 Å². The number of anilines is 4. The van der Waals surface area contributed by atoms with Crippen LogP contribution in [0.4, 0.5) is 31.8 Å². The number of nitrogens with zero attached hydrogens (tertiary/aromatic N) is 9. The molecule has 0 atom stereocenters. The Kier molecular flexibility index (Phi) is 13.8. The lowest BCUT2D eigenvalue weighted by molar-refractivity contribution is -0.129. The first-order valence-corrected chi connectivity index (χ1v) is 24.4. The lowest BCUT2D eigenvalue weighted by Gasteiger charge is -2.40. The van der Waals surface area contributed by atoms with Crippen LogP contribution < -0.4 is 19.4 Å². The Bertz CT molecular complexity index is 2330. The van der Waals surface area contributed by atoms with E-state index in [1.807, 2.05) is 24.0 Å². The van der Waals surface area contributed by atoms with Gasteiger partial charge in [-0.25, -0.2) is 8.78 Å². The number of ether oxygens (including phenoxy) is 1. The van der Waals surface area contributed by atoms with Crippen molar-refractivity contribution in [3.63, 3.8) is 0 Å². The number of alkyl halides is 2. The highest BCUT2D eigenvalue weighted by atomic mass is 35.5. The number of halogens is 3. The number of benzene rings is 2. The average Bonchev–Trinajstić information content (AvgIpc) is 3.95. The van der Waals surface area contributed by atoms with Gasteiger partial charge in [-0.1, -0.05) is 43.0 Å². The molecular weight excluding hydrogens is 846 g/mol. The molecule has 15 heteroatoms. The van der Waals surface area contributed by atoms with Crippen molar-refractivity contribution in [1.29, 1.82) is 5.26 Å². The summed E-state index contributed by atoms with van der Waals surface area (Å²) in [4.78, 5) is 23.0. The summed E-state index contributed by atoms with van der Waals surface area (Å²) in [6, 6.07) is 15.1. The third-order valence-electron chi connectivity index (χ3n) is 15.2. The molecule has 6 aliphatic rings. The van der Waals surface area contributed by atoms with Gasteiger partial charge in [0.25, 0.3) is 6.43 Å². The fraction of sp³-hybridized carbons (Fsp3) is 0.580. The molecule has 1 aliphatic carbocycles. The second-order valence-electron chi connectivity index (χ2n) is 19.3. The van der Waals surface area contributed by atoms with Gasteiger partial charge in [-0.2, -0.15) is 10.4 Å². The SMILES string of the molecule is CC(=O)N1CCc2[nH]nc(N3CCCc4ccc(C(F)F)cc43)c2C1.Cc1c(N2CCC3(CCN(c4ccc(OC5CCN(CC6CCCCC6)CC5)nn4)CC3)C2)ccc(C#N)c1Cl. The number of hydrogen-bond donors (Lipinski definition) is 1. The molecule has 10 rings (SSSR count). The molecule has 1 N–H and O–H groups in total. The van der Waals surface area contributed by atoms with Crippen molar-refractivity contribution in [3.8, 4) is 11.9 Å². The topological polar surface area (TPSA) is 121 Å². The highest BCUT2D eigenvalue weighted by molar-refractivity contribution is 6.32. The van der Waals surface area contributed by atoms with Crippen LogP contribution in [0.2, 0.25) is 5.02 Å². The Morgan fingerprint density at radius 3 is 2.38 bits per heavy atom. The molecule has 5 aliphatic heterocycles. The molecule has 1 saturated carbocycles. The van der Waals surface area contributed by atoms with Crippen LogP contribution in [0.1, 0.15) is 117 Å². The monoisotopic (exact) mass is 908 g/mol. The first kappa shape index (κ1) is 45.2. The number of carbonyl (C=O) groups excluding carboxylic acids is 1. The minimum absolute atomic E-state index is 0.0282. The van der Waals surface area contributed by atoms with Crippen molar-refractivity contribution in [1.82, 2.24) is 30.2 Å². The van der Waals surface area contributed by atoms with Crippen LogP contribution in [0.15, 0.2) is 42.5 Å². The highest BCUT2D eigenvalue weighted by Crippen LogP contribution is 2.44. The quantitative estimate of drug-likeness (QED) is 0.183. The summed E-state index contributed by atoms with van der Waals surface area (Å²) in [5, 5.41) is 26.4.